The van der Waals surface area contributed by atoms with Crippen LogP contribution in [0.15, 0.2) is 30.7 Å². The van der Waals surface area contributed by atoms with Crippen LogP contribution in [-0.4, -0.2) is 15.1 Å². The summed E-state index contributed by atoms with van der Waals surface area (Å²) in [4.78, 5) is 7.45. The van der Waals surface area contributed by atoms with Crippen molar-refractivity contribution in [3.63, 3.8) is 0 Å². The fourth-order valence-electron chi connectivity index (χ4n) is 1.19. The van der Waals surface area contributed by atoms with Crippen LogP contribution >= 0.6 is 0 Å². The van der Waals surface area contributed by atoms with Crippen LogP contribution in [0.4, 0.5) is 8.78 Å². The third-order valence-electron chi connectivity index (χ3n) is 1.92. The maximum atomic E-state index is 13.4. The van der Waals surface area contributed by atoms with Crippen LogP contribution < -0.4 is 0 Å². The van der Waals surface area contributed by atoms with Gasteiger partial charge in [-0.2, -0.15) is 4.39 Å². The SMILES string of the molecule is Oc1ccc(-c2ccncn2)c(F)c1F. The van der Waals surface area contributed by atoms with E-state index in [2.05, 4.69) is 9.97 Å². The maximum absolute atomic E-state index is 13.4. The smallest absolute Gasteiger partial charge is 0.201 e. The highest BCUT2D eigenvalue weighted by molar-refractivity contribution is 5.60. The summed E-state index contributed by atoms with van der Waals surface area (Å²) in [6, 6.07) is 3.79. The predicted octanol–water partition coefficient (Wildman–Crippen LogP) is 2.13. The summed E-state index contributed by atoms with van der Waals surface area (Å²) in [5, 5.41) is 8.92. The Hall–Kier alpha value is -2.04. The van der Waals surface area contributed by atoms with E-state index in [1.165, 1.54) is 24.7 Å². The zero-order valence-electron chi connectivity index (χ0n) is 7.48. The molecule has 0 atom stereocenters. The van der Waals surface area contributed by atoms with Crippen molar-refractivity contribution in [1.29, 1.82) is 0 Å². The number of halogens is 2. The molecule has 1 N–H and O–H groups in total. The van der Waals surface area contributed by atoms with Gasteiger partial charge in [-0.1, -0.05) is 0 Å². The number of hydrogen-bond acceptors (Lipinski definition) is 3. The molecule has 0 aliphatic rings. The Morgan fingerprint density at radius 1 is 1.07 bits per heavy atom. The summed E-state index contributed by atoms with van der Waals surface area (Å²) in [6.45, 7) is 0. The Morgan fingerprint density at radius 2 is 1.87 bits per heavy atom. The highest BCUT2D eigenvalue weighted by Gasteiger charge is 2.14. The van der Waals surface area contributed by atoms with Crippen molar-refractivity contribution in [2.45, 2.75) is 0 Å². The number of phenols is 1. The lowest BCUT2D eigenvalue weighted by Gasteiger charge is -2.03. The van der Waals surface area contributed by atoms with Crippen LogP contribution in [0.5, 0.6) is 5.75 Å². The van der Waals surface area contributed by atoms with Crippen LogP contribution in [0, 0.1) is 11.6 Å². The van der Waals surface area contributed by atoms with Crippen LogP contribution in [0.25, 0.3) is 11.3 Å². The van der Waals surface area contributed by atoms with Crippen molar-refractivity contribution in [3.8, 4) is 17.0 Å². The molecule has 0 bridgehead atoms. The minimum atomic E-state index is -1.27. The molecule has 0 aliphatic heterocycles. The second kappa shape index (κ2) is 3.61. The molecule has 2 aromatic rings. The summed E-state index contributed by atoms with van der Waals surface area (Å²) >= 11 is 0. The van der Waals surface area contributed by atoms with Crippen molar-refractivity contribution in [2.24, 2.45) is 0 Å². The van der Waals surface area contributed by atoms with Crippen molar-refractivity contribution in [1.82, 2.24) is 9.97 Å². The third kappa shape index (κ3) is 1.63. The summed E-state index contributed by atoms with van der Waals surface area (Å²) < 4.78 is 26.4. The van der Waals surface area contributed by atoms with Crippen LogP contribution in [-0.2, 0) is 0 Å². The Kier molecular flexibility index (Phi) is 2.29. The van der Waals surface area contributed by atoms with E-state index in [-0.39, 0.29) is 11.3 Å². The first-order chi connectivity index (χ1) is 7.20. The summed E-state index contributed by atoms with van der Waals surface area (Å²) in [6.07, 6.45) is 2.66. The van der Waals surface area contributed by atoms with Crippen molar-refractivity contribution in [2.75, 3.05) is 0 Å². The molecule has 0 saturated carbocycles. The molecular weight excluding hydrogens is 202 g/mol. The van der Waals surface area contributed by atoms with E-state index in [1.807, 2.05) is 0 Å². The molecule has 5 heteroatoms. The molecule has 0 amide bonds. The van der Waals surface area contributed by atoms with Crippen molar-refractivity contribution in [3.05, 3.63) is 42.4 Å². The summed E-state index contributed by atoms with van der Waals surface area (Å²) in [5.74, 6) is -3.11. The molecular formula is C10H6F2N2O. The zero-order valence-corrected chi connectivity index (χ0v) is 7.48. The molecule has 1 heterocycles. The molecule has 2 rings (SSSR count). The predicted molar refractivity (Wildman–Crippen MR) is 49.0 cm³/mol. The van der Waals surface area contributed by atoms with Gasteiger partial charge in [-0.25, -0.2) is 14.4 Å². The Bertz CT molecular complexity index is 488. The lowest BCUT2D eigenvalue weighted by atomic mass is 10.1. The number of phenolic OH excluding ortho intramolecular Hbond substituents is 1. The number of hydrogen-bond donors (Lipinski definition) is 1. The second-order valence-corrected chi connectivity index (χ2v) is 2.85. The standard InChI is InChI=1S/C10H6F2N2O/c11-9-6(1-2-8(15)10(9)12)7-3-4-13-5-14-7/h1-5,15H. The molecule has 0 fully saturated rings. The van der Waals surface area contributed by atoms with E-state index in [4.69, 9.17) is 5.11 Å². The van der Waals surface area contributed by atoms with Gasteiger partial charge in [0.1, 0.15) is 6.33 Å². The molecule has 3 nitrogen and oxygen atoms in total. The van der Waals surface area contributed by atoms with E-state index in [9.17, 15) is 8.78 Å². The largest absolute Gasteiger partial charge is 0.505 e. The first kappa shape index (κ1) is 9.51. The summed E-state index contributed by atoms with van der Waals surface area (Å²) in [5.41, 5.74) is 0.258. The van der Waals surface area contributed by atoms with Crippen LogP contribution in [0.2, 0.25) is 0 Å². The maximum Gasteiger partial charge on any atom is 0.201 e. The minimum absolute atomic E-state index is 0.00676. The number of benzene rings is 1. The molecule has 0 saturated heterocycles. The summed E-state index contributed by atoms with van der Waals surface area (Å²) in [7, 11) is 0. The quantitative estimate of drug-likeness (QED) is 0.780. The average molecular weight is 208 g/mol. The lowest BCUT2D eigenvalue weighted by molar-refractivity contribution is 0.408. The molecule has 76 valence electrons. The Morgan fingerprint density at radius 3 is 2.53 bits per heavy atom. The second-order valence-electron chi connectivity index (χ2n) is 2.85. The Labute approximate surface area is 84.1 Å². The van der Waals surface area contributed by atoms with Gasteiger partial charge in [0.2, 0.25) is 5.82 Å². The normalized spacial score (nSPS) is 10.3. The minimum Gasteiger partial charge on any atom is -0.505 e. The number of nitrogens with zero attached hydrogens (tertiary/aromatic N) is 2. The van der Waals surface area contributed by atoms with Gasteiger partial charge in [0, 0.05) is 11.8 Å². The van der Waals surface area contributed by atoms with Crippen molar-refractivity contribution >= 4 is 0 Å². The molecule has 0 spiro atoms. The molecule has 0 radical (unpaired) electrons. The number of aromatic nitrogens is 2. The van der Waals surface area contributed by atoms with E-state index in [0.29, 0.717) is 0 Å². The van der Waals surface area contributed by atoms with Gasteiger partial charge in [0.15, 0.2) is 11.6 Å². The molecule has 1 aromatic heterocycles. The fourth-order valence-corrected chi connectivity index (χ4v) is 1.19. The van der Waals surface area contributed by atoms with Gasteiger partial charge in [-0.3, -0.25) is 0 Å². The van der Waals surface area contributed by atoms with Crippen molar-refractivity contribution < 1.29 is 13.9 Å². The molecule has 1 aromatic carbocycles. The molecule has 15 heavy (non-hydrogen) atoms. The number of rotatable bonds is 1. The van der Waals surface area contributed by atoms with Gasteiger partial charge in [-0.05, 0) is 18.2 Å². The fraction of sp³-hybridized carbons (Fsp3) is 0. The Balaban J connectivity index is 2.60. The van der Waals surface area contributed by atoms with E-state index >= 15 is 0 Å². The van der Waals surface area contributed by atoms with Gasteiger partial charge in [0.25, 0.3) is 0 Å². The highest BCUT2D eigenvalue weighted by atomic mass is 19.2. The van der Waals surface area contributed by atoms with Crippen LogP contribution in [0.1, 0.15) is 0 Å². The van der Waals surface area contributed by atoms with Gasteiger partial charge in [-0.15, -0.1) is 0 Å². The van der Waals surface area contributed by atoms with Gasteiger partial charge >= 0.3 is 0 Å². The topological polar surface area (TPSA) is 46.0 Å². The van der Waals surface area contributed by atoms with Gasteiger partial charge < -0.3 is 5.11 Å². The first-order valence-corrected chi connectivity index (χ1v) is 4.13. The average Bonchev–Trinajstić information content (AvgIpc) is 2.27. The van der Waals surface area contributed by atoms with Crippen LogP contribution in [0.3, 0.4) is 0 Å². The van der Waals surface area contributed by atoms with E-state index < -0.39 is 17.4 Å². The molecule has 0 unspecified atom stereocenters. The van der Waals surface area contributed by atoms with Gasteiger partial charge in [0.05, 0.1) is 5.69 Å². The monoisotopic (exact) mass is 208 g/mol. The third-order valence-corrected chi connectivity index (χ3v) is 1.92. The lowest BCUT2D eigenvalue weighted by Crippen LogP contribution is -1.92. The molecule has 0 aliphatic carbocycles. The number of aromatic hydroxyl groups is 1. The van der Waals surface area contributed by atoms with E-state index in [0.717, 1.165) is 6.07 Å². The zero-order chi connectivity index (χ0) is 10.8. The highest BCUT2D eigenvalue weighted by Crippen LogP contribution is 2.27. The van der Waals surface area contributed by atoms with E-state index in [1.54, 1.807) is 0 Å². The first-order valence-electron chi connectivity index (χ1n) is 4.13.